The number of sulfone groups is 2. The average Bonchev–Trinajstić information content (AvgIpc) is 2.42. The molecular weight excluding hydrogens is 316 g/mol. The summed E-state index contributed by atoms with van der Waals surface area (Å²) in [5.74, 6) is -2.28. The molecule has 1 aliphatic rings. The molecule has 0 bridgehead atoms. The van der Waals surface area contributed by atoms with Crippen LogP contribution in [0.25, 0.3) is 4.91 Å². The molecule has 1 heterocycles. The second kappa shape index (κ2) is 5.61. The van der Waals surface area contributed by atoms with Crippen LogP contribution in [0, 0.1) is 0 Å². The lowest BCUT2D eigenvalue weighted by Gasteiger charge is -2.19. The van der Waals surface area contributed by atoms with Crippen molar-refractivity contribution in [3.8, 4) is 0 Å². The number of benzene rings is 1. The van der Waals surface area contributed by atoms with Gasteiger partial charge in [-0.05, 0) is 12.5 Å². The highest BCUT2D eigenvalue weighted by molar-refractivity contribution is 8.06. The Morgan fingerprint density at radius 3 is 2.19 bits per heavy atom. The zero-order valence-electron chi connectivity index (χ0n) is 11.3. The molecule has 0 radical (unpaired) electrons. The molecule has 0 unspecified atom stereocenters. The zero-order chi connectivity index (χ0) is 15.7. The minimum Gasteiger partial charge on any atom is -0.462 e. The van der Waals surface area contributed by atoms with Gasteiger partial charge in [0.05, 0.1) is 18.1 Å². The smallest absolute Gasteiger partial charge is 0.351 e. The van der Waals surface area contributed by atoms with Crippen LogP contribution in [0.4, 0.5) is 0 Å². The number of hydrogen-bond donors (Lipinski definition) is 0. The lowest BCUT2D eigenvalue weighted by atomic mass is 10.2. The summed E-state index contributed by atoms with van der Waals surface area (Å²) < 4.78 is 53.5. The summed E-state index contributed by atoms with van der Waals surface area (Å²) in [5.41, 5.74) is 0.170. The minimum atomic E-state index is -3.99. The second-order valence-electron chi connectivity index (χ2n) is 4.38. The normalized spacial score (nSPS) is 20.0. The number of hydrogen-bond acceptors (Lipinski definition) is 6. The Labute approximate surface area is 123 Å². The summed E-state index contributed by atoms with van der Waals surface area (Å²) >= 11 is 0. The van der Waals surface area contributed by atoms with E-state index in [0.717, 1.165) is 0 Å². The van der Waals surface area contributed by atoms with Crippen LogP contribution >= 0.6 is 0 Å². The molecule has 0 aromatic heterocycles. The fourth-order valence-electron chi connectivity index (χ4n) is 2.02. The van der Waals surface area contributed by atoms with Gasteiger partial charge in [0.15, 0.2) is 24.6 Å². The highest BCUT2D eigenvalue weighted by atomic mass is 32.2. The number of carbonyl (C=O) groups is 1. The van der Waals surface area contributed by atoms with Crippen molar-refractivity contribution in [2.45, 2.75) is 6.92 Å². The summed E-state index contributed by atoms with van der Waals surface area (Å²) in [4.78, 5) is 10.7. The van der Waals surface area contributed by atoms with E-state index in [0.29, 0.717) is 0 Å². The summed E-state index contributed by atoms with van der Waals surface area (Å²) in [6, 6.07) is 7.71. The predicted molar refractivity (Wildman–Crippen MR) is 77.6 cm³/mol. The molecule has 2 rings (SSSR count). The van der Waals surface area contributed by atoms with Crippen molar-refractivity contribution < 1.29 is 26.4 Å². The first-order valence-electron chi connectivity index (χ1n) is 6.22. The maximum atomic E-state index is 12.3. The van der Waals surface area contributed by atoms with Crippen LogP contribution < -0.4 is 0 Å². The van der Waals surface area contributed by atoms with E-state index in [4.69, 9.17) is 4.74 Å². The number of esters is 1. The molecule has 0 atom stereocenters. The van der Waals surface area contributed by atoms with Crippen molar-refractivity contribution in [1.82, 2.24) is 0 Å². The number of carbonyl (C=O) groups excluding carboxylic acids is 1. The van der Waals surface area contributed by atoms with Crippen molar-refractivity contribution in [2.24, 2.45) is 0 Å². The fourth-order valence-corrected chi connectivity index (χ4v) is 6.52. The quantitative estimate of drug-likeness (QED) is 0.760. The molecule has 0 amide bonds. The van der Waals surface area contributed by atoms with Crippen LogP contribution in [0.5, 0.6) is 0 Å². The van der Waals surface area contributed by atoms with Crippen LogP contribution in [0.2, 0.25) is 0 Å². The first-order valence-corrected chi connectivity index (χ1v) is 9.52. The van der Waals surface area contributed by atoms with Crippen molar-refractivity contribution in [3.63, 3.8) is 0 Å². The van der Waals surface area contributed by atoms with Crippen LogP contribution in [0.3, 0.4) is 0 Å². The van der Waals surface area contributed by atoms with Gasteiger partial charge in [0, 0.05) is 0 Å². The van der Waals surface area contributed by atoms with Crippen LogP contribution in [-0.2, 0) is 29.2 Å². The Morgan fingerprint density at radius 1 is 1.05 bits per heavy atom. The van der Waals surface area contributed by atoms with Crippen LogP contribution in [0.1, 0.15) is 12.5 Å². The monoisotopic (exact) mass is 330 g/mol. The third kappa shape index (κ3) is 3.01. The molecule has 114 valence electrons. The Hall–Kier alpha value is -1.67. The lowest BCUT2D eigenvalue weighted by Crippen LogP contribution is -2.31. The molecule has 0 spiro atoms. The van der Waals surface area contributed by atoms with E-state index in [2.05, 4.69) is 0 Å². The zero-order valence-corrected chi connectivity index (χ0v) is 12.9. The van der Waals surface area contributed by atoms with E-state index in [1.807, 2.05) is 0 Å². The first kappa shape index (κ1) is 15.7. The van der Waals surface area contributed by atoms with E-state index >= 15 is 0 Å². The molecule has 21 heavy (non-hydrogen) atoms. The van der Waals surface area contributed by atoms with Gasteiger partial charge in [0.2, 0.25) is 0 Å². The topological polar surface area (TPSA) is 94.6 Å². The van der Waals surface area contributed by atoms with Gasteiger partial charge < -0.3 is 4.74 Å². The maximum absolute atomic E-state index is 12.3. The van der Waals surface area contributed by atoms with Gasteiger partial charge in [-0.2, -0.15) is 0 Å². The van der Waals surface area contributed by atoms with Crippen molar-refractivity contribution >= 4 is 30.5 Å². The number of rotatable bonds is 3. The van der Waals surface area contributed by atoms with Gasteiger partial charge in [0.1, 0.15) is 4.91 Å². The molecule has 8 heteroatoms. The third-order valence-corrected chi connectivity index (χ3v) is 6.87. The van der Waals surface area contributed by atoms with Gasteiger partial charge in [-0.1, -0.05) is 30.3 Å². The molecule has 6 nitrogen and oxygen atoms in total. The Balaban J connectivity index is 2.83. The first-order chi connectivity index (χ1) is 9.79. The van der Waals surface area contributed by atoms with E-state index in [-0.39, 0.29) is 12.2 Å². The summed E-state index contributed by atoms with van der Waals surface area (Å²) in [7, 11) is -7.85. The predicted octanol–water partition coefficient (Wildman–Crippen LogP) is 0.762. The molecule has 1 aromatic carbocycles. The van der Waals surface area contributed by atoms with Gasteiger partial charge >= 0.3 is 5.97 Å². The molecular formula is C13H14O6S2. The average molecular weight is 330 g/mol. The lowest BCUT2D eigenvalue weighted by molar-refractivity contribution is -0.137. The van der Waals surface area contributed by atoms with Gasteiger partial charge in [-0.15, -0.1) is 0 Å². The van der Waals surface area contributed by atoms with Crippen molar-refractivity contribution in [1.29, 1.82) is 0 Å². The van der Waals surface area contributed by atoms with E-state index in [1.165, 1.54) is 19.1 Å². The molecule has 0 N–H and O–H groups in total. The van der Waals surface area contributed by atoms with Gasteiger partial charge in [0.25, 0.3) is 0 Å². The Morgan fingerprint density at radius 2 is 1.62 bits per heavy atom. The molecule has 1 aromatic rings. The van der Waals surface area contributed by atoms with Crippen molar-refractivity contribution in [3.05, 3.63) is 40.8 Å². The van der Waals surface area contributed by atoms with Crippen molar-refractivity contribution in [2.75, 3.05) is 18.1 Å². The summed E-state index contributed by atoms with van der Waals surface area (Å²) in [5, 5.41) is 0. The fraction of sp³-hybridized carbons (Fsp3) is 0.308. The van der Waals surface area contributed by atoms with E-state index in [9.17, 15) is 21.6 Å². The highest BCUT2D eigenvalue weighted by Crippen LogP contribution is 2.33. The molecule has 0 saturated carbocycles. The highest BCUT2D eigenvalue weighted by Gasteiger charge is 2.41. The van der Waals surface area contributed by atoms with Crippen LogP contribution in [-0.4, -0.2) is 40.9 Å². The molecule has 0 fully saturated rings. The molecule has 0 saturated heterocycles. The van der Waals surface area contributed by atoms with E-state index in [1.54, 1.807) is 18.2 Å². The summed E-state index contributed by atoms with van der Waals surface area (Å²) in [6.07, 6.45) is 0. The summed E-state index contributed by atoms with van der Waals surface area (Å²) in [6.45, 7) is 1.48. The minimum absolute atomic E-state index is 0.0417. The van der Waals surface area contributed by atoms with E-state index < -0.39 is 47.0 Å². The van der Waals surface area contributed by atoms with Crippen LogP contribution in [0.15, 0.2) is 35.2 Å². The largest absolute Gasteiger partial charge is 0.462 e. The SMILES string of the molecule is CCOC(=O)C1=C(c2ccccc2)S(=O)(=O)CCS1(=O)=O. The Bertz CT molecular complexity index is 788. The van der Waals surface area contributed by atoms with Gasteiger partial charge in [-0.25, -0.2) is 21.6 Å². The Kier molecular flexibility index (Phi) is 4.20. The standard InChI is InChI=1S/C13H14O6S2/c1-2-19-13(14)12-11(10-6-4-3-5-7-10)20(15,16)8-9-21(12,17)18/h3-7H,2,8-9H2,1H3. The second-order valence-corrected chi connectivity index (χ2v) is 8.47. The number of ether oxygens (including phenoxy) is 1. The molecule has 1 aliphatic heterocycles. The van der Waals surface area contributed by atoms with Gasteiger partial charge in [-0.3, -0.25) is 0 Å². The molecule has 0 aliphatic carbocycles. The third-order valence-electron chi connectivity index (χ3n) is 2.95. The maximum Gasteiger partial charge on any atom is 0.351 e.